The standard InChI is InChI=1S/C22H24N4O5/c1-2-12-25-15-7-3-4-8-16(15)26(22(25)29)13-11-20(27)23-24-21(28)19-14-30-17-9-5-6-10-18(17)31-19/h3-10,19H,2,11-14H2,1H3,(H,23,27)(H,24,28). The minimum atomic E-state index is -0.871. The van der Waals surface area contributed by atoms with Crippen LogP contribution in [0, 0.1) is 0 Å². The van der Waals surface area contributed by atoms with E-state index in [1.54, 1.807) is 27.3 Å². The average Bonchev–Trinajstić information content (AvgIpc) is 3.07. The number of ether oxygens (including phenoxy) is 2. The molecule has 0 bridgehead atoms. The zero-order chi connectivity index (χ0) is 21.8. The summed E-state index contributed by atoms with van der Waals surface area (Å²) in [6.45, 7) is 2.87. The van der Waals surface area contributed by atoms with Crippen molar-refractivity contribution in [3.8, 4) is 11.5 Å². The van der Waals surface area contributed by atoms with E-state index in [1.165, 1.54) is 0 Å². The van der Waals surface area contributed by atoms with Gasteiger partial charge >= 0.3 is 5.69 Å². The van der Waals surface area contributed by atoms with Gasteiger partial charge in [0, 0.05) is 19.5 Å². The number of carbonyl (C=O) groups is 2. The van der Waals surface area contributed by atoms with Gasteiger partial charge in [-0.3, -0.25) is 29.6 Å². The second-order valence-electron chi connectivity index (χ2n) is 7.23. The molecule has 9 heteroatoms. The Hall–Kier alpha value is -3.75. The van der Waals surface area contributed by atoms with Crippen LogP contribution in [0.2, 0.25) is 0 Å². The fraction of sp³-hybridized carbons (Fsp3) is 0.318. The molecule has 0 aliphatic carbocycles. The number of para-hydroxylation sites is 4. The molecule has 1 aromatic heterocycles. The fourth-order valence-electron chi connectivity index (χ4n) is 3.56. The Kier molecular flexibility index (Phi) is 5.92. The number of hydrazine groups is 1. The Bertz CT molecular complexity index is 1170. The van der Waals surface area contributed by atoms with Crippen LogP contribution in [0.3, 0.4) is 0 Å². The normalized spacial score (nSPS) is 14.9. The van der Waals surface area contributed by atoms with Crippen molar-refractivity contribution in [2.75, 3.05) is 6.61 Å². The van der Waals surface area contributed by atoms with Gasteiger partial charge in [-0.05, 0) is 30.7 Å². The van der Waals surface area contributed by atoms with Crippen molar-refractivity contribution in [2.24, 2.45) is 0 Å². The van der Waals surface area contributed by atoms with Crippen LogP contribution in [-0.4, -0.2) is 33.7 Å². The molecular weight excluding hydrogens is 400 g/mol. The molecule has 1 aliphatic heterocycles. The number of aromatic nitrogens is 2. The predicted octanol–water partition coefficient (Wildman–Crippen LogP) is 1.59. The summed E-state index contributed by atoms with van der Waals surface area (Å²) in [6.07, 6.45) is -0.00640. The zero-order valence-corrected chi connectivity index (χ0v) is 17.2. The monoisotopic (exact) mass is 424 g/mol. The lowest BCUT2D eigenvalue weighted by Crippen LogP contribution is -2.51. The minimum Gasteiger partial charge on any atom is -0.485 e. The Morgan fingerprint density at radius 3 is 2.32 bits per heavy atom. The molecule has 0 fully saturated rings. The van der Waals surface area contributed by atoms with Gasteiger partial charge in [0.05, 0.1) is 11.0 Å². The van der Waals surface area contributed by atoms with Crippen LogP contribution >= 0.6 is 0 Å². The third kappa shape index (κ3) is 4.25. The highest BCUT2D eigenvalue weighted by molar-refractivity contribution is 5.85. The van der Waals surface area contributed by atoms with Crippen LogP contribution in [0.15, 0.2) is 53.3 Å². The molecule has 2 N–H and O–H groups in total. The van der Waals surface area contributed by atoms with E-state index in [2.05, 4.69) is 10.9 Å². The lowest BCUT2D eigenvalue weighted by atomic mass is 10.2. The smallest absolute Gasteiger partial charge is 0.329 e. The second kappa shape index (κ2) is 8.95. The van der Waals surface area contributed by atoms with Crippen LogP contribution in [0.5, 0.6) is 11.5 Å². The van der Waals surface area contributed by atoms with E-state index in [-0.39, 0.29) is 25.3 Å². The number of fused-ring (bicyclic) bond motifs is 2. The molecule has 1 aliphatic rings. The highest BCUT2D eigenvalue weighted by atomic mass is 16.6. The molecule has 3 aromatic rings. The van der Waals surface area contributed by atoms with Crippen LogP contribution in [0.1, 0.15) is 19.8 Å². The van der Waals surface area contributed by atoms with Gasteiger partial charge in [-0.2, -0.15) is 0 Å². The Labute approximate surface area is 178 Å². The maximum Gasteiger partial charge on any atom is 0.329 e. The molecule has 2 aromatic carbocycles. The number of nitrogens with zero attached hydrogens (tertiary/aromatic N) is 2. The van der Waals surface area contributed by atoms with Gasteiger partial charge in [-0.1, -0.05) is 31.2 Å². The molecule has 2 amide bonds. The number of amides is 2. The van der Waals surface area contributed by atoms with E-state index in [0.29, 0.717) is 18.0 Å². The summed E-state index contributed by atoms with van der Waals surface area (Å²) < 4.78 is 14.4. The number of rotatable bonds is 6. The van der Waals surface area contributed by atoms with Crippen molar-refractivity contribution < 1.29 is 19.1 Å². The van der Waals surface area contributed by atoms with Crippen molar-refractivity contribution >= 4 is 22.8 Å². The van der Waals surface area contributed by atoms with E-state index < -0.39 is 17.9 Å². The summed E-state index contributed by atoms with van der Waals surface area (Å²) in [7, 11) is 0. The molecule has 9 nitrogen and oxygen atoms in total. The Balaban J connectivity index is 1.34. The van der Waals surface area contributed by atoms with Crippen molar-refractivity contribution in [1.29, 1.82) is 0 Å². The van der Waals surface area contributed by atoms with Crippen molar-refractivity contribution in [3.05, 3.63) is 59.0 Å². The number of benzene rings is 2. The predicted molar refractivity (Wildman–Crippen MR) is 114 cm³/mol. The summed E-state index contributed by atoms with van der Waals surface area (Å²) in [5.41, 5.74) is 6.22. The van der Waals surface area contributed by atoms with Crippen LogP contribution in [0.25, 0.3) is 11.0 Å². The van der Waals surface area contributed by atoms with Crippen molar-refractivity contribution in [2.45, 2.75) is 39.0 Å². The third-order valence-corrected chi connectivity index (χ3v) is 5.06. The van der Waals surface area contributed by atoms with Crippen molar-refractivity contribution in [3.63, 3.8) is 0 Å². The summed E-state index contributed by atoms with van der Waals surface area (Å²) in [4.78, 5) is 37.3. The van der Waals surface area contributed by atoms with Gasteiger partial charge in [0.25, 0.3) is 5.91 Å². The topological polar surface area (TPSA) is 104 Å². The van der Waals surface area contributed by atoms with Gasteiger partial charge in [0.1, 0.15) is 6.61 Å². The lowest BCUT2D eigenvalue weighted by molar-refractivity contribution is -0.135. The molecule has 162 valence electrons. The van der Waals surface area contributed by atoms with Gasteiger partial charge < -0.3 is 9.47 Å². The largest absolute Gasteiger partial charge is 0.485 e. The number of nitrogens with one attached hydrogen (secondary N) is 2. The summed E-state index contributed by atoms with van der Waals surface area (Å²) in [6, 6.07) is 14.6. The van der Waals surface area contributed by atoms with E-state index in [0.717, 1.165) is 17.5 Å². The van der Waals surface area contributed by atoms with Gasteiger partial charge in [0.2, 0.25) is 12.0 Å². The highest BCUT2D eigenvalue weighted by Gasteiger charge is 2.27. The molecule has 1 unspecified atom stereocenters. The molecule has 31 heavy (non-hydrogen) atoms. The zero-order valence-electron chi connectivity index (χ0n) is 17.2. The highest BCUT2D eigenvalue weighted by Crippen LogP contribution is 2.30. The molecule has 0 spiro atoms. The average molecular weight is 424 g/mol. The Morgan fingerprint density at radius 1 is 0.968 bits per heavy atom. The molecule has 0 saturated carbocycles. The molecule has 2 heterocycles. The number of hydrogen-bond acceptors (Lipinski definition) is 5. The van der Waals surface area contributed by atoms with Gasteiger partial charge in [-0.25, -0.2) is 4.79 Å². The summed E-state index contributed by atoms with van der Waals surface area (Å²) in [5, 5.41) is 0. The second-order valence-corrected chi connectivity index (χ2v) is 7.23. The number of carbonyl (C=O) groups excluding carboxylic acids is 2. The molecule has 0 radical (unpaired) electrons. The quantitative estimate of drug-likeness (QED) is 0.585. The summed E-state index contributed by atoms with van der Waals surface area (Å²) >= 11 is 0. The first-order valence-electron chi connectivity index (χ1n) is 10.2. The first-order valence-corrected chi connectivity index (χ1v) is 10.2. The minimum absolute atomic E-state index is 0.0329. The van der Waals surface area contributed by atoms with E-state index in [4.69, 9.17) is 9.47 Å². The van der Waals surface area contributed by atoms with E-state index in [1.807, 2.05) is 37.3 Å². The first kappa shape index (κ1) is 20.5. The Morgan fingerprint density at radius 2 is 1.61 bits per heavy atom. The maximum atomic E-state index is 12.8. The van der Waals surface area contributed by atoms with Crippen LogP contribution in [0.4, 0.5) is 0 Å². The lowest BCUT2D eigenvalue weighted by Gasteiger charge is -2.25. The molecule has 0 saturated heterocycles. The van der Waals surface area contributed by atoms with E-state index >= 15 is 0 Å². The number of hydrogen-bond donors (Lipinski definition) is 2. The third-order valence-electron chi connectivity index (χ3n) is 5.06. The fourth-order valence-corrected chi connectivity index (χ4v) is 3.56. The SMILES string of the molecule is CCCn1c(=O)n(CCC(=O)NNC(=O)C2COc3ccccc3O2)c2ccccc21. The maximum absolute atomic E-state index is 12.8. The van der Waals surface area contributed by atoms with Gasteiger partial charge in [0.15, 0.2) is 11.5 Å². The molecule has 1 atom stereocenters. The van der Waals surface area contributed by atoms with E-state index in [9.17, 15) is 14.4 Å². The molecular formula is C22H24N4O5. The van der Waals surface area contributed by atoms with Crippen LogP contribution in [-0.2, 0) is 22.7 Å². The van der Waals surface area contributed by atoms with Gasteiger partial charge in [-0.15, -0.1) is 0 Å². The number of imidazole rings is 1. The first-order chi connectivity index (χ1) is 15.1. The van der Waals surface area contributed by atoms with Crippen molar-refractivity contribution in [1.82, 2.24) is 20.0 Å². The number of aryl methyl sites for hydroxylation is 2. The molecule has 4 rings (SSSR count). The summed E-state index contributed by atoms with van der Waals surface area (Å²) in [5.74, 6) is 0.121. The van der Waals surface area contributed by atoms with Crippen LogP contribution < -0.4 is 26.0 Å².